The number of rotatable bonds is 3. The number of benzene rings is 1. The van der Waals surface area contributed by atoms with Crippen LogP contribution in [0.3, 0.4) is 0 Å². The minimum absolute atomic E-state index is 0.194. The molecule has 3 nitrogen and oxygen atoms in total. The van der Waals surface area contributed by atoms with Crippen molar-refractivity contribution >= 4 is 5.91 Å². The molecule has 22 heavy (non-hydrogen) atoms. The van der Waals surface area contributed by atoms with Gasteiger partial charge in [0.2, 0.25) is 0 Å². The van der Waals surface area contributed by atoms with Gasteiger partial charge in [-0.2, -0.15) is 0 Å². The third kappa shape index (κ3) is 3.19. The highest BCUT2D eigenvalue weighted by atomic mass is 16.5. The first-order valence-corrected chi connectivity index (χ1v) is 8.67. The Bertz CT molecular complexity index is 505. The van der Waals surface area contributed by atoms with Crippen LogP contribution >= 0.6 is 0 Å². The highest BCUT2D eigenvalue weighted by Crippen LogP contribution is 2.28. The molecule has 2 aliphatic rings. The summed E-state index contributed by atoms with van der Waals surface area (Å²) >= 11 is 0. The average molecular weight is 301 g/mol. The fourth-order valence-corrected chi connectivity index (χ4v) is 3.66. The van der Waals surface area contributed by atoms with Gasteiger partial charge in [-0.05, 0) is 49.8 Å². The van der Waals surface area contributed by atoms with Crippen molar-refractivity contribution in [2.24, 2.45) is 5.92 Å². The number of piperidine rings is 1. The van der Waals surface area contributed by atoms with Crippen LogP contribution in [-0.4, -0.2) is 36.6 Å². The molecule has 0 aromatic heterocycles. The van der Waals surface area contributed by atoms with Gasteiger partial charge < -0.3 is 9.64 Å². The van der Waals surface area contributed by atoms with E-state index in [-0.39, 0.29) is 5.91 Å². The van der Waals surface area contributed by atoms with Crippen molar-refractivity contribution in [3.05, 3.63) is 35.4 Å². The molecule has 2 heterocycles. The van der Waals surface area contributed by atoms with Crippen LogP contribution in [0.4, 0.5) is 0 Å². The van der Waals surface area contributed by atoms with Crippen molar-refractivity contribution in [2.45, 2.75) is 51.5 Å². The number of carbonyl (C=O) groups excluding carboxylic acids is 1. The molecule has 0 radical (unpaired) electrons. The van der Waals surface area contributed by atoms with E-state index in [0.29, 0.717) is 17.9 Å². The lowest BCUT2D eigenvalue weighted by atomic mass is 9.91. The van der Waals surface area contributed by atoms with E-state index in [1.54, 1.807) is 0 Å². The minimum Gasteiger partial charge on any atom is -0.381 e. The predicted octanol–water partition coefficient (Wildman–Crippen LogP) is 3.84. The Morgan fingerprint density at radius 3 is 2.64 bits per heavy atom. The lowest BCUT2D eigenvalue weighted by Gasteiger charge is -2.38. The van der Waals surface area contributed by atoms with E-state index in [1.165, 1.54) is 12.0 Å². The van der Waals surface area contributed by atoms with Crippen LogP contribution in [0.15, 0.2) is 24.3 Å². The Morgan fingerprint density at radius 1 is 1.23 bits per heavy atom. The fourth-order valence-electron chi connectivity index (χ4n) is 3.66. The van der Waals surface area contributed by atoms with E-state index in [0.717, 1.165) is 44.6 Å². The molecule has 1 aromatic rings. The maximum atomic E-state index is 12.8. The van der Waals surface area contributed by atoms with Crippen LogP contribution in [-0.2, 0) is 4.74 Å². The zero-order valence-electron chi connectivity index (χ0n) is 13.8. The average Bonchev–Trinajstić information content (AvgIpc) is 3.09. The molecule has 2 aliphatic heterocycles. The summed E-state index contributed by atoms with van der Waals surface area (Å²) in [6.45, 7) is 6.98. The molecule has 2 saturated heterocycles. The lowest BCUT2D eigenvalue weighted by molar-refractivity contribution is 0.0556. The third-order valence-corrected chi connectivity index (χ3v) is 5.38. The number of amides is 1. The van der Waals surface area contributed by atoms with E-state index >= 15 is 0 Å². The third-order valence-electron chi connectivity index (χ3n) is 5.38. The van der Waals surface area contributed by atoms with Gasteiger partial charge in [-0.15, -0.1) is 0 Å². The van der Waals surface area contributed by atoms with Gasteiger partial charge >= 0.3 is 0 Å². The normalized spacial score (nSPS) is 28.8. The molecule has 1 amide bonds. The van der Waals surface area contributed by atoms with E-state index in [1.807, 2.05) is 12.1 Å². The second-order valence-electron chi connectivity index (χ2n) is 6.84. The molecule has 1 aromatic carbocycles. The van der Waals surface area contributed by atoms with Crippen molar-refractivity contribution in [2.75, 3.05) is 19.8 Å². The Balaban J connectivity index is 1.71. The summed E-state index contributed by atoms with van der Waals surface area (Å²) in [7, 11) is 0. The SMILES string of the molecule is CC[C@@H]1CC[C@@H](C)N(C(=O)c2ccc(C3CCOC3)cc2)C1. The molecule has 3 rings (SSSR count). The number of hydrogen-bond donors (Lipinski definition) is 0. The highest BCUT2D eigenvalue weighted by Gasteiger charge is 2.29. The Morgan fingerprint density at radius 2 is 2.00 bits per heavy atom. The van der Waals surface area contributed by atoms with E-state index in [9.17, 15) is 4.79 Å². The van der Waals surface area contributed by atoms with Gasteiger partial charge in [-0.1, -0.05) is 25.5 Å². The van der Waals surface area contributed by atoms with E-state index in [4.69, 9.17) is 4.74 Å². The minimum atomic E-state index is 0.194. The quantitative estimate of drug-likeness (QED) is 0.849. The van der Waals surface area contributed by atoms with Crippen LogP contribution in [0.1, 0.15) is 61.4 Å². The molecule has 3 heteroatoms. The molecule has 120 valence electrons. The Kier molecular flexibility index (Phi) is 4.82. The molecule has 0 bridgehead atoms. The van der Waals surface area contributed by atoms with Gasteiger partial charge in [0.25, 0.3) is 5.91 Å². The topological polar surface area (TPSA) is 29.5 Å². The fraction of sp³-hybridized carbons (Fsp3) is 0.632. The van der Waals surface area contributed by atoms with Gasteiger partial charge in [0.15, 0.2) is 0 Å². The van der Waals surface area contributed by atoms with Crippen LogP contribution in [0.2, 0.25) is 0 Å². The molecule has 0 spiro atoms. The molecule has 0 aliphatic carbocycles. The Hall–Kier alpha value is -1.35. The van der Waals surface area contributed by atoms with Crippen LogP contribution in [0, 0.1) is 5.92 Å². The van der Waals surface area contributed by atoms with Crippen LogP contribution in [0.5, 0.6) is 0 Å². The van der Waals surface area contributed by atoms with Crippen LogP contribution < -0.4 is 0 Å². The predicted molar refractivity (Wildman–Crippen MR) is 88.1 cm³/mol. The van der Waals surface area contributed by atoms with Crippen molar-refractivity contribution in [3.8, 4) is 0 Å². The van der Waals surface area contributed by atoms with Gasteiger partial charge in [-0.3, -0.25) is 4.79 Å². The number of ether oxygens (including phenoxy) is 1. The van der Waals surface area contributed by atoms with E-state index in [2.05, 4.69) is 30.9 Å². The molecule has 2 fully saturated rings. The van der Waals surface area contributed by atoms with Crippen molar-refractivity contribution in [1.29, 1.82) is 0 Å². The van der Waals surface area contributed by atoms with E-state index < -0.39 is 0 Å². The second-order valence-corrected chi connectivity index (χ2v) is 6.84. The molecule has 0 saturated carbocycles. The van der Waals surface area contributed by atoms with Gasteiger partial charge in [0, 0.05) is 30.7 Å². The van der Waals surface area contributed by atoms with Crippen molar-refractivity contribution in [3.63, 3.8) is 0 Å². The van der Waals surface area contributed by atoms with Crippen LogP contribution in [0.25, 0.3) is 0 Å². The van der Waals surface area contributed by atoms with Crippen molar-refractivity contribution in [1.82, 2.24) is 4.90 Å². The largest absolute Gasteiger partial charge is 0.381 e. The molecule has 3 atom stereocenters. The number of nitrogens with zero attached hydrogens (tertiary/aromatic N) is 1. The number of carbonyl (C=O) groups is 1. The van der Waals surface area contributed by atoms with Gasteiger partial charge in [0.1, 0.15) is 0 Å². The second kappa shape index (κ2) is 6.82. The zero-order chi connectivity index (χ0) is 15.5. The van der Waals surface area contributed by atoms with Crippen molar-refractivity contribution < 1.29 is 9.53 Å². The van der Waals surface area contributed by atoms with Gasteiger partial charge in [0.05, 0.1) is 6.61 Å². The number of hydrogen-bond acceptors (Lipinski definition) is 2. The summed E-state index contributed by atoms with van der Waals surface area (Å²) in [5.41, 5.74) is 2.12. The summed E-state index contributed by atoms with van der Waals surface area (Å²) in [5, 5.41) is 0. The molecular formula is C19H27NO2. The summed E-state index contributed by atoms with van der Waals surface area (Å²) in [6, 6.07) is 8.58. The summed E-state index contributed by atoms with van der Waals surface area (Å²) in [4.78, 5) is 14.9. The maximum absolute atomic E-state index is 12.8. The molecular weight excluding hydrogens is 274 g/mol. The standard InChI is InChI=1S/C19H27NO2/c1-3-15-5-4-14(2)20(12-15)19(21)17-8-6-16(7-9-17)18-10-11-22-13-18/h6-9,14-15,18H,3-5,10-13H2,1-2H3/t14-,15-,18?/m1/s1. The van der Waals surface area contributed by atoms with Gasteiger partial charge in [-0.25, -0.2) is 0 Å². The first kappa shape index (κ1) is 15.5. The maximum Gasteiger partial charge on any atom is 0.254 e. The molecule has 0 N–H and O–H groups in total. The Labute approximate surface area is 133 Å². The first-order chi connectivity index (χ1) is 10.7. The molecule has 1 unspecified atom stereocenters. The highest BCUT2D eigenvalue weighted by molar-refractivity contribution is 5.94. The summed E-state index contributed by atoms with van der Waals surface area (Å²) in [6.07, 6.45) is 4.63. The number of likely N-dealkylation sites (tertiary alicyclic amines) is 1. The summed E-state index contributed by atoms with van der Waals surface area (Å²) < 4.78 is 5.45. The monoisotopic (exact) mass is 301 g/mol. The smallest absolute Gasteiger partial charge is 0.254 e. The summed E-state index contributed by atoms with van der Waals surface area (Å²) in [5.74, 6) is 1.36. The first-order valence-electron chi connectivity index (χ1n) is 8.67. The lowest BCUT2D eigenvalue weighted by Crippen LogP contribution is -2.45. The zero-order valence-corrected chi connectivity index (χ0v) is 13.8.